The largest absolute Gasteiger partial charge is 0.413 e. The van der Waals surface area contributed by atoms with E-state index in [4.69, 9.17) is 14.8 Å². The summed E-state index contributed by atoms with van der Waals surface area (Å²) in [6.45, 7) is 1.82. The molecule has 17 heteroatoms. The zero-order chi connectivity index (χ0) is 20.3. The Kier molecular flexibility index (Phi) is 6.88. The van der Waals surface area contributed by atoms with Gasteiger partial charge in [0.15, 0.2) is 5.82 Å². The summed E-state index contributed by atoms with van der Waals surface area (Å²) in [6.07, 6.45) is -1.87. The molecule has 15 nitrogen and oxygen atoms in total. The number of fused-ring (bicyclic) bond motifs is 1. The van der Waals surface area contributed by atoms with Gasteiger partial charge in [-0.15, -0.1) is 3.63 Å². The van der Waals surface area contributed by atoms with Crippen molar-refractivity contribution in [3.05, 3.63) is 10.4 Å². The van der Waals surface area contributed by atoms with Crippen LogP contribution in [-0.2, 0) is 24.4 Å². The monoisotopic (exact) mass is 419 g/mol. The molecule has 150 valence electrons. The van der Waals surface area contributed by atoms with E-state index in [0.29, 0.717) is 12.4 Å². The van der Waals surface area contributed by atoms with Gasteiger partial charge in [-0.05, 0) is 6.92 Å². The molecule has 0 saturated carbocycles. The van der Waals surface area contributed by atoms with Gasteiger partial charge in [0.25, 0.3) is 5.56 Å². The second kappa shape index (κ2) is 8.12. The van der Waals surface area contributed by atoms with Gasteiger partial charge in [0, 0.05) is 6.54 Å². The van der Waals surface area contributed by atoms with Crippen LogP contribution in [-0.4, -0.2) is 70.9 Å². The fraction of sp³-hybridized carbons (Fsp3) is 0.556. The molecule has 0 spiro atoms. The molecular weight excluding hydrogens is 402 g/mol. The number of anilines is 3. The maximum absolute atomic E-state index is 11.6. The maximum atomic E-state index is 11.6. The van der Waals surface area contributed by atoms with E-state index in [9.17, 15) is 31.8 Å². The number of H-pyrrole nitrogens is 1. The highest BCUT2D eigenvalue weighted by Crippen LogP contribution is 2.21. The maximum Gasteiger partial charge on any atom is 0.413 e. The molecule has 0 aromatic carbocycles. The molecule has 1 aromatic rings. The molecule has 0 fully saturated rings. The number of aliphatic hydroxyl groups excluding tert-OH is 2. The Morgan fingerprint density at radius 2 is 1.77 bits per heavy atom. The third-order valence-electron chi connectivity index (χ3n) is 2.84. The lowest BCUT2D eigenvalue weighted by Gasteiger charge is -2.31. The number of aliphatic hydroxyl groups is 2. The van der Waals surface area contributed by atoms with Crippen LogP contribution in [0.4, 0.5) is 17.5 Å². The van der Waals surface area contributed by atoms with Gasteiger partial charge < -0.3 is 26.6 Å². The Balaban J connectivity index is 0.000000321. The van der Waals surface area contributed by atoms with Crippen LogP contribution in [0, 0.1) is 0 Å². The number of aromatic amines is 1. The van der Waals surface area contributed by atoms with Gasteiger partial charge in [0.05, 0.1) is 12.1 Å². The summed E-state index contributed by atoms with van der Waals surface area (Å²) in [6, 6.07) is -0.464. The summed E-state index contributed by atoms with van der Waals surface area (Å²) < 4.78 is 55.6. The zero-order valence-corrected chi connectivity index (χ0v) is 14.7. The van der Waals surface area contributed by atoms with Crippen LogP contribution in [0.5, 0.6) is 0 Å². The first kappa shape index (κ1) is 22.0. The predicted molar refractivity (Wildman–Crippen MR) is 87.0 cm³/mol. The van der Waals surface area contributed by atoms with Gasteiger partial charge in [-0.25, -0.2) is 0 Å². The van der Waals surface area contributed by atoms with Gasteiger partial charge in [-0.2, -0.15) is 21.8 Å². The number of aromatic nitrogens is 2. The quantitative estimate of drug-likeness (QED) is 0.225. The second-order valence-electron chi connectivity index (χ2n) is 4.96. The van der Waals surface area contributed by atoms with Gasteiger partial charge in [0.1, 0.15) is 11.8 Å². The van der Waals surface area contributed by atoms with E-state index in [2.05, 4.69) is 24.2 Å². The van der Waals surface area contributed by atoms with Crippen LogP contribution in [0.2, 0.25) is 0 Å². The van der Waals surface area contributed by atoms with E-state index in [1.807, 2.05) is 0 Å². The number of hydrogen-bond acceptors (Lipinski definition) is 12. The molecule has 26 heavy (non-hydrogen) atoms. The zero-order valence-electron chi connectivity index (χ0n) is 13.0. The normalized spacial score (nSPS) is 19.0. The van der Waals surface area contributed by atoms with Crippen molar-refractivity contribution < 1.29 is 39.8 Å². The Labute approximate surface area is 147 Å². The molecule has 1 aliphatic rings. The molecule has 2 heterocycles. The van der Waals surface area contributed by atoms with Crippen molar-refractivity contribution in [2.75, 3.05) is 22.9 Å². The molecule has 1 aromatic heterocycles. The van der Waals surface area contributed by atoms with Gasteiger partial charge in [-0.3, -0.25) is 18.9 Å². The first-order valence-corrected chi connectivity index (χ1v) is 9.35. The van der Waals surface area contributed by atoms with Crippen molar-refractivity contribution >= 4 is 38.3 Å². The van der Waals surface area contributed by atoms with Crippen molar-refractivity contribution in [3.63, 3.8) is 0 Å². The number of nitrogens with two attached hydrogens (primary N) is 1. The standard InChI is InChI=1S/C9H15N5O3.H2O7S2/c1-3(15)6(16)4-2-11-7-5(12-4)8(17)14-9(10)13-7;1-8(2,3)7-9(4,5)6/h3-4,6,12,15-16H,2H2,1H3,(H4,10,11,13,14,17);(H,1,2,3)(H,4,5,6). The van der Waals surface area contributed by atoms with E-state index in [1.54, 1.807) is 0 Å². The lowest BCUT2D eigenvalue weighted by molar-refractivity contribution is 0.0214. The molecule has 0 radical (unpaired) electrons. The Morgan fingerprint density at radius 3 is 2.19 bits per heavy atom. The van der Waals surface area contributed by atoms with Crippen molar-refractivity contribution in [2.45, 2.75) is 25.2 Å². The highest BCUT2D eigenvalue weighted by atomic mass is 32.3. The summed E-state index contributed by atoms with van der Waals surface area (Å²) >= 11 is 0. The fourth-order valence-electron chi connectivity index (χ4n) is 1.85. The van der Waals surface area contributed by atoms with E-state index < -0.39 is 44.6 Å². The first-order chi connectivity index (χ1) is 11.7. The summed E-state index contributed by atoms with van der Waals surface area (Å²) in [7, 11) is -10.2. The molecule has 0 bridgehead atoms. The Bertz CT molecular complexity index is 866. The highest BCUT2D eigenvalue weighted by Gasteiger charge is 2.29. The van der Waals surface area contributed by atoms with Crippen molar-refractivity contribution in [1.29, 1.82) is 0 Å². The topological polar surface area (TPSA) is 254 Å². The number of nitrogen functional groups attached to an aromatic ring is 1. The fourth-order valence-corrected chi connectivity index (χ4v) is 2.72. The predicted octanol–water partition coefficient (Wildman–Crippen LogP) is -3.09. The van der Waals surface area contributed by atoms with Crippen molar-refractivity contribution in [2.24, 2.45) is 0 Å². The van der Waals surface area contributed by atoms with E-state index in [0.717, 1.165) is 0 Å². The van der Waals surface area contributed by atoms with Crippen LogP contribution in [0.1, 0.15) is 6.92 Å². The van der Waals surface area contributed by atoms with E-state index in [1.165, 1.54) is 6.92 Å². The minimum absolute atomic E-state index is 0.0255. The number of hydrogen-bond donors (Lipinski definition) is 8. The Hall–Kier alpha value is -2.02. The van der Waals surface area contributed by atoms with Crippen LogP contribution < -0.4 is 21.9 Å². The molecule has 3 atom stereocenters. The average molecular weight is 419 g/mol. The molecule has 9 N–H and O–H groups in total. The lowest BCUT2D eigenvalue weighted by atomic mass is 10.0. The molecule has 0 aliphatic carbocycles. The lowest BCUT2D eigenvalue weighted by Crippen LogP contribution is -2.48. The van der Waals surface area contributed by atoms with E-state index in [-0.39, 0.29) is 11.6 Å². The first-order valence-electron chi connectivity index (χ1n) is 6.62. The van der Waals surface area contributed by atoms with Crippen LogP contribution in [0.3, 0.4) is 0 Å². The average Bonchev–Trinajstić information content (AvgIpc) is 2.42. The molecule has 2 rings (SSSR count). The minimum Gasteiger partial charge on any atom is -0.391 e. The van der Waals surface area contributed by atoms with Crippen molar-refractivity contribution in [1.82, 2.24) is 9.97 Å². The second-order valence-corrected chi connectivity index (χ2v) is 7.22. The third-order valence-corrected chi connectivity index (χ3v) is 4.21. The van der Waals surface area contributed by atoms with Crippen LogP contribution in [0.15, 0.2) is 4.79 Å². The highest BCUT2D eigenvalue weighted by molar-refractivity contribution is 7.94. The van der Waals surface area contributed by atoms with E-state index >= 15 is 0 Å². The van der Waals surface area contributed by atoms with Crippen molar-refractivity contribution in [3.8, 4) is 0 Å². The minimum atomic E-state index is -5.12. The van der Waals surface area contributed by atoms with Crippen LogP contribution in [0.25, 0.3) is 0 Å². The number of rotatable bonds is 4. The molecule has 0 amide bonds. The van der Waals surface area contributed by atoms with Gasteiger partial charge in [0.2, 0.25) is 5.95 Å². The Morgan fingerprint density at radius 1 is 1.23 bits per heavy atom. The van der Waals surface area contributed by atoms with Crippen LogP contribution >= 0.6 is 0 Å². The molecule has 0 saturated heterocycles. The summed E-state index contributed by atoms with van der Waals surface area (Å²) in [5.74, 6) is 0.373. The summed E-state index contributed by atoms with van der Waals surface area (Å²) in [5, 5.41) is 24.7. The van der Waals surface area contributed by atoms with Gasteiger partial charge >= 0.3 is 20.8 Å². The smallest absolute Gasteiger partial charge is 0.391 e. The number of nitrogens with zero attached hydrogens (tertiary/aromatic N) is 1. The molecule has 3 unspecified atom stereocenters. The third kappa shape index (κ3) is 7.07. The molecular formula is C9H17N5O10S2. The van der Waals surface area contributed by atoms with Gasteiger partial charge in [-0.1, -0.05) is 0 Å². The molecule has 1 aliphatic heterocycles. The number of nitrogens with one attached hydrogen (secondary N) is 3. The SMILES string of the molecule is CC(O)C(O)C1CNc2nc(N)[nH]c(=O)c2N1.O=S(=O)(O)OS(=O)(=O)O. The summed E-state index contributed by atoms with van der Waals surface area (Å²) in [5.41, 5.74) is 5.20. The summed E-state index contributed by atoms with van der Waals surface area (Å²) in [4.78, 5) is 17.9.